The number of thiophene rings is 2. The summed E-state index contributed by atoms with van der Waals surface area (Å²) in [5, 5.41) is 3.69. The van der Waals surface area contributed by atoms with Gasteiger partial charge in [0.2, 0.25) is 9.84 Å². The molecule has 1 aromatic carbocycles. The molecule has 4 aromatic rings. The van der Waals surface area contributed by atoms with Crippen LogP contribution < -0.4 is 20.5 Å². The third-order valence-corrected chi connectivity index (χ3v) is 10.4. The van der Waals surface area contributed by atoms with Crippen molar-refractivity contribution in [3.05, 3.63) is 99.6 Å². The molecule has 4 heterocycles. The third kappa shape index (κ3) is 4.07. The normalized spacial score (nSPS) is 16.3. The minimum Gasteiger partial charge on any atom is -0.463 e. The number of rotatable bonds is 6. The molecule has 0 bridgehead atoms. The van der Waals surface area contributed by atoms with E-state index in [4.69, 9.17) is 10.5 Å². The number of hydrogen-bond donors (Lipinski definition) is 1. The maximum atomic E-state index is 14.0. The first-order valence-electron chi connectivity index (χ1n) is 10.9. The molecule has 0 unspecified atom stereocenters. The van der Waals surface area contributed by atoms with Crippen molar-refractivity contribution >= 4 is 67.3 Å². The summed E-state index contributed by atoms with van der Waals surface area (Å²) in [5.74, 6) is -1.93. The molecule has 0 aliphatic carbocycles. The molecule has 0 radical (unpaired) electrons. The molecule has 0 amide bonds. The van der Waals surface area contributed by atoms with Crippen LogP contribution in [-0.4, -0.2) is 25.6 Å². The zero-order chi connectivity index (χ0) is 25.4. The van der Waals surface area contributed by atoms with Gasteiger partial charge in [-0.1, -0.05) is 30.3 Å². The van der Waals surface area contributed by atoms with E-state index in [0.29, 0.717) is 9.41 Å². The molecule has 1 atom stereocenters. The Morgan fingerprint density at radius 1 is 1.08 bits per heavy atom. The molecule has 1 aliphatic rings. The van der Waals surface area contributed by atoms with Crippen LogP contribution >= 0.6 is 34.0 Å². The molecule has 0 saturated heterocycles. The SMILES string of the molecule is CCOC(=O)C1=c2s/c(=C\c3cccs3)c(=O)n2C(N)=C(S(=O)(=O)c2ccccc2)[C@@H]1c1cccs1. The molecule has 3 aromatic heterocycles. The number of nitrogens with zero attached hydrogens (tertiary/aromatic N) is 1. The summed E-state index contributed by atoms with van der Waals surface area (Å²) in [6.07, 6.45) is 1.71. The number of esters is 1. The molecule has 36 heavy (non-hydrogen) atoms. The Bertz CT molecular complexity index is 1750. The lowest BCUT2D eigenvalue weighted by atomic mass is 9.95. The van der Waals surface area contributed by atoms with Crippen LogP contribution in [0.3, 0.4) is 0 Å². The minimum atomic E-state index is -4.20. The van der Waals surface area contributed by atoms with Gasteiger partial charge in [0.15, 0.2) is 0 Å². The van der Waals surface area contributed by atoms with Gasteiger partial charge in [-0.25, -0.2) is 13.2 Å². The maximum Gasteiger partial charge on any atom is 0.338 e. The number of hydrogen-bond acceptors (Lipinski definition) is 9. The Hall–Kier alpha value is -3.25. The highest BCUT2D eigenvalue weighted by molar-refractivity contribution is 7.95. The highest BCUT2D eigenvalue weighted by atomic mass is 32.2. The van der Waals surface area contributed by atoms with Crippen LogP contribution in [0.15, 0.2) is 80.0 Å². The summed E-state index contributed by atoms with van der Waals surface area (Å²) < 4.78 is 35.1. The van der Waals surface area contributed by atoms with Gasteiger partial charge in [0.1, 0.15) is 15.4 Å². The van der Waals surface area contributed by atoms with Gasteiger partial charge >= 0.3 is 5.97 Å². The standard InChI is InChI=1S/C25H20N2O5S4/c1-2-32-25(29)20-19(17-11-7-13-34-17)21(36(30,31)16-9-4-3-5-10-16)22(26)27-23(28)18(35-24(20)27)14-15-8-6-12-33-15/h3-14,19H,2,26H2,1H3/b18-14-/t19-/m1/s1. The fraction of sp³-hybridized carbons (Fsp3) is 0.120. The summed E-state index contributed by atoms with van der Waals surface area (Å²) in [5.41, 5.74) is 6.12. The number of allylic oxidation sites excluding steroid dienone is 1. The average molecular weight is 557 g/mol. The van der Waals surface area contributed by atoms with Gasteiger partial charge in [-0.3, -0.25) is 9.36 Å². The minimum absolute atomic E-state index is 0.0183. The van der Waals surface area contributed by atoms with Crippen LogP contribution in [0.1, 0.15) is 22.6 Å². The van der Waals surface area contributed by atoms with Gasteiger partial charge in [-0.2, -0.15) is 0 Å². The van der Waals surface area contributed by atoms with Crippen molar-refractivity contribution in [2.75, 3.05) is 6.61 Å². The summed E-state index contributed by atoms with van der Waals surface area (Å²) in [6, 6.07) is 15.1. The van der Waals surface area contributed by atoms with Crippen molar-refractivity contribution in [2.24, 2.45) is 5.73 Å². The lowest BCUT2D eigenvalue weighted by molar-refractivity contribution is -0.136. The lowest BCUT2D eigenvalue weighted by Gasteiger charge is -2.27. The van der Waals surface area contributed by atoms with Crippen LogP contribution in [0.5, 0.6) is 0 Å². The molecule has 0 saturated carbocycles. The summed E-state index contributed by atoms with van der Waals surface area (Å²) in [4.78, 5) is 28.2. The number of ether oxygens (including phenoxy) is 1. The average Bonchev–Trinajstić information content (AvgIpc) is 3.63. The van der Waals surface area contributed by atoms with E-state index in [1.54, 1.807) is 48.7 Å². The Morgan fingerprint density at radius 2 is 1.81 bits per heavy atom. The fourth-order valence-corrected chi connectivity index (χ4v) is 8.55. The summed E-state index contributed by atoms with van der Waals surface area (Å²) in [7, 11) is -4.20. The monoisotopic (exact) mass is 556 g/mol. The number of sulfone groups is 1. The molecule has 5 rings (SSSR count). The van der Waals surface area contributed by atoms with Crippen molar-refractivity contribution in [3.63, 3.8) is 0 Å². The van der Waals surface area contributed by atoms with E-state index in [1.807, 2.05) is 17.5 Å². The van der Waals surface area contributed by atoms with Gasteiger partial charge in [0, 0.05) is 9.75 Å². The van der Waals surface area contributed by atoms with Crippen LogP contribution in [0.4, 0.5) is 0 Å². The number of fused-ring (bicyclic) bond motifs is 1. The number of nitrogens with two attached hydrogens (primary N) is 1. The Kier molecular flexibility index (Phi) is 6.56. The number of thiazole rings is 1. The molecule has 11 heteroatoms. The topological polar surface area (TPSA) is 108 Å². The summed E-state index contributed by atoms with van der Waals surface area (Å²) in [6.45, 7) is 1.76. The zero-order valence-electron chi connectivity index (χ0n) is 18.9. The largest absolute Gasteiger partial charge is 0.463 e. The van der Waals surface area contributed by atoms with E-state index in [1.165, 1.54) is 34.8 Å². The molecule has 0 spiro atoms. The lowest BCUT2D eigenvalue weighted by Crippen LogP contribution is -2.41. The molecule has 2 N–H and O–H groups in total. The van der Waals surface area contributed by atoms with Crippen LogP contribution in [-0.2, 0) is 19.4 Å². The third-order valence-electron chi connectivity index (χ3n) is 5.58. The molecular formula is C25H20N2O5S4. The fourth-order valence-electron chi connectivity index (χ4n) is 4.06. The van der Waals surface area contributed by atoms with Gasteiger partial charge in [-0.05, 0) is 48.0 Å². The Labute approximate surface area is 218 Å². The smallest absolute Gasteiger partial charge is 0.338 e. The first-order chi connectivity index (χ1) is 17.3. The molecule has 1 aliphatic heterocycles. The van der Waals surface area contributed by atoms with Gasteiger partial charge < -0.3 is 10.5 Å². The number of benzene rings is 1. The van der Waals surface area contributed by atoms with E-state index in [2.05, 4.69) is 0 Å². The number of carbonyl (C=O) groups excluding carboxylic acids is 1. The van der Waals surface area contributed by atoms with Crippen LogP contribution in [0.25, 0.3) is 17.5 Å². The van der Waals surface area contributed by atoms with Crippen molar-refractivity contribution in [2.45, 2.75) is 17.7 Å². The number of aromatic nitrogens is 1. The van der Waals surface area contributed by atoms with E-state index in [0.717, 1.165) is 20.8 Å². The second-order valence-corrected chi connectivity index (χ2v) is 12.6. The van der Waals surface area contributed by atoms with Crippen LogP contribution in [0.2, 0.25) is 0 Å². The predicted molar refractivity (Wildman–Crippen MR) is 144 cm³/mol. The van der Waals surface area contributed by atoms with E-state index in [-0.39, 0.29) is 32.5 Å². The van der Waals surface area contributed by atoms with Gasteiger partial charge in [-0.15, -0.1) is 34.0 Å². The second kappa shape index (κ2) is 9.66. The van der Waals surface area contributed by atoms with Gasteiger partial charge in [0.25, 0.3) is 5.56 Å². The molecule has 184 valence electrons. The van der Waals surface area contributed by atoms with Crippen molar-refractivity contribution < 1.29 is 17.9 Å². The van der Waals surface area contributed by atoms with E-state index in [9.17, 15) is 18.0 Å². The predicted octanol–water partition coefficient (Wildman–Crippen LogP) is 2.93. The highest BCUT2D eigenvalue weighted by Crippen LogP contribution is 2.43. The Balaban J connectivity index is 1.92. The summed E-state index contributed by atoms with van der Waals surface area (Å²) >= 11 is 3.85. The quantitative estimate of drug-likeness (QED) is 0.366. The zero-order valence-corrected chi connectivity index (χ0v) is 22.2. The van der Waals surface area contributed by atoms with Crippen molar-refractivity contribution in [1.29, 1.82) is 0 Å². The maximum absolute atomic E-state index is 14.0. The first-order valence-corrected chi connectivity index (χ1v) is 14.9. The Morgan fingerprint density at radius 3 is 2.44 bits per heavy atom. The number of carbonyl (C=O) groups is 1. The molecule has 0 fully saturated rings. The molecule has 7 nitrogen and oxygen atoms in total. The second-order valence-electron chi connectivity index (χ2n) is 7.72. The van der Waals surface area contributed by atoms with Crippen LogP contribution in [0, 0.1) is 0 Å². The van der Waals surface area contributed by atoms with Crippen molar-refractivity contribution in [1.82, 2.24) is 4.57 Å². The molecular weight excluding hydrogens is 537 g/mol. The van der Waals surface area contributed by atoms with E-state index >= 15 is 0 Å². The first kappa shape index (κ1) is 24.4. The van der Waals surface area contributed by atoms with Gasteiger partial charge in [0.05, 0.1) is 27.5 Å². The van der Waals surface area contributed by atoms with Crippen molar-refractivity contribution in [3.8, 4) is 0 Å². The van der Waals surface area contributed by atoms with E-state index < -0.39 is 27.3 Å². The highest BCUT2D eigenvalue weighted by Gasteiger charge is 2.42.